The highest BCUT2D eigenvalue weighted by Gasteiger charge is 2.00. The average molecular weight is 226 g/mol. The van der Waals surface area contributed by atoms with Crippen LogP contribution in [-0.2, 0) is 6.42 Å². The third kappa shape index (κ3) is 1.12. The molecule has 0 aromatic carbocycles. The predicted molar refractivity (Wildman–Crippen MR) is 50.1 cm³/mol. The van der Waals surface area contributed by atoms with Crippen LogP contribution in [0.3, 0.4) is 0 Å². The highest BCUT2D eigenvalue weighted by Crippen LogP contribution is 2.10. The van der Waals surface area contributed by atoms with Gasteiger partial charge in [-0.1, -0.05) is 6.92 Å². The average Bonchev–Trinajstić information content (AvgIpc) is 2.46. The summed E-state index contributed by atoms with van der Waals surface area (Å²) in [6, 6.07) is 0. The zero-order chi connectivity index (χ0) is 8.55. The van der Waals surface area contributed by atoms with Crippen LogP contribution in [-0.4, -0.2) is 14.4 Å². The van der Waals surface area contributed by atoms with Crippen LogP contribution in [0.5, 0.6) is 0 Å². The lowest BCUT2D eigenvalue weighted by Crippen LogP contribution is -1.91. The van der Waals surface area contributed by atoms with E-state index in [1.165, 1.54) is 5.69 Å². The Labute approximate surface area is 78.6 Å². The molecule has 0 N–H and O–H groups in total. The van der Waals surface area contributed by atoms with Crippen molar-refractivity contribution in [1.82, 2.24) is 14.4 Å². The van der Waals surface area contributed by atoms with E-state index in [1.807, 2.05) is 16.8 Å². The Morgan fingerprint density at radius 2 is 2.25 bits per heavy atom. The Hall–Kier alpha value is -0.900. The van der Waals surface area contributed by atoms with Gasteiger partial charge in [-0.3, -0.25) is 0 Å². The van der Waals surface area contributed by atoms with Crippen molar-refractivity contribution >= 4 is 21.6 Å². The summed E-state index contributed by atoms with van der Waals surface area (Å²) in [5, 5.41) is 0. The first kappa shape index (κ1) is 7.73. The third-order valence-electron chi connectivity index (χ3n) is 1.80. The van der Waals surface area contributed by atoms with Crippen LogP contribution in [0, 0.1) is 0 Å². The van der Waals surface area contributed by atoms with E-state index in [0.717, 1.165) is 16.7 Å². The smallest absolute Gasteiger partial charge is 0.155 e. The van der Waals surface area contributed by atoms with Gasteiger partial charge in [0.2, 0.25) is 0 Å². The molecule has 4 heteroatoms. The second kappa shape index (κ2) is 2.86. The van der Waals surface area contributed by atoms with E-state index in [0.29, 0.717) is 0 Å². The van der Waals surface area contributed by atoms with Gasteiger partial charge in [0.05, 0.1) is 6.20 Å². The topological polar surface area (TPSA) is 30.2 Å². The summed E-state index contributed by atoms with van der Waals surface area (Å²) >= 11 is 3.32. The molecule has 0 aliphatic heterocycles. The molecule has 2 heterocycles. The van der Waals surface area contributed by atoms with Crippen LogP contribution in [0.1, 0.15) is 12.6 Å². The van der Waals surface area contributed by atoms with E-state index in [-0.39, 0.29) is 0 Å². The first-order valence-corrected chi connectivity index (χ1v) is 4.58. The van der Waals surface area contributed by atoms with Crippen LogP contribution >= 0.6 is 15.9 Å². The Kier molecular flexibility index (Phi) is 1.84. The van der Waals surface area contributed by atoms with E-state index >= 15 is 0 Å². The normalized spacial score (nSPS) is 10.8. The molecule has 0 aliphatic carbocycles. The fraction of sp³-hybridized carbons (Fsp3) is 0.250. The number of hydrogen-bond acceptors (Lipinski definition) is 2. The van der Waals surface area contributed by atoms with Gasteiger partial charge in [-0.2, -0.15) is 0 Å². The molecule has 62 valence electrons. The highest BCUT2D eigenvalue weighted by atomic mass is 79.9. The largest absolute Gasteiger partial charge is 0.300 e. The van der Waals surface area contributed by atoms with Gasteiger partial charge >= 0.3 is 0 Å². The number of fused-ring (bicyclic) bond motifs is 1. The molecule has 12 heavy (non-hydrogen) atoms. The lowest BCUT2D eigenvalue weighted by Gasteiger charge is -1.97. The fourth-order valence-electron chi connectivity index (χ4n) is 1.18. The summed E-state index contributed by atoms with van der Waals surface area (Å²) < 4.78 is 2.87. The van der Waals surface area contributed by atoms with Crippen LogP contribution < -0.4 is 0 Å². The number of hydrogen-bond donors (Lipinski definition) is 0. The minimum absolute atomic E-state index is 0.836. The SMILES string of the molecule is CCc1cnc2cnc(Br)cn12. The molecule has 0 unspecified atom stereocenters. The molecule has 0 aliphatic rings. The summed E-state index contributed by atoms with van der Waals surface area (Å²) in [5.41, 5.74) is 2.10. The molecule has 2 aromatic rings. The van der Waals surface area contributed by atoms with E-state index in [4.69, 9.17) is 0 Å². The Morgan fingerprint density at radius 1 is 1.42 bits per heavy atom. The summed E-state index contributed by atoms with van der Waals surface area (Å²) in [6.45, 7) is 2.11. The van der Waals surface area contributed by atoms with Crippen LogP contribution in [0.4, 0.5) is 0 Å². The predicted octanol–water partition coefficient (Wildman–Crippen LogP) is 2.05. The van der Waals surface area contributed by atoms with E-state index in [2.05, 4.69) is 32.8 Å². The van der Waals surface area contributed by atoms with E-state index < -0.39 is 0 Å². The van der Waals surface area contributed by atoms with E-state index in [1.54, 1.807) is 6.20 Å². The van der Waals surface area contributed by atoms with Crippen molar-refractivity contribution in [2.75, 3.05) is 0 Å². The third-order valence-corrected chi connectivity index (χ3v) is 2.21. The van der Waals surface area contributed by atoms with Crippen molar-refractivity contribution < 1.29 is 0 Å². The second-order valence-corrected chi connectivity index (χ2v) is 3.35. The lowest BCUT2D eigenvalue weighted by atomic mass is 10.4. The minimum atomic E-state index is 0.836. The summed E-state index contributed by atoms with van der Waals surface area (Å²) in [6.07, 6.45) is 6.55. The van der Waals surface area contributed by atoms with Gasteiger partial charge in [0.15, 0.2) is 5.65 Å². The number of rotatable bonds is 1. The number of halogens is 1. The first-order chi connectivity index (χ1) is 5.81. The molecule has 0 saturated carbocycles. The Morgan fingerprint density at radius 3 is 3.00 bits per heavy atom. The maximum Gasteiger partial charge on any atom is 0.155 e. The number of aryl methyl sites for hydroxylation is 1. The van der Waals surface area contributed by atoms with E-state index in [9.17, 15) is 0 Å². The zero-order valence-electron chi connectivity index (χ0n) is 6.66. The quantitative estimate of drug-likeness (QED) is 0.744. The monoisotopic (exact) mass is 225 g/mol. The molecule has 0 bridgehead atoms. The Balaban J connectivity index is 2.75. The Bertz CT molecular complexity index is 408. The molecular formula is C8H8BrN3. The van der Waals surface area contributed by atoms with Crippen LogP contribution in [0.15, 0.2) is 23.2 Å². The van der Waals surface area contributed by atoms with Gasteiger partial charge in [0, 0.05) is 18.1 Å². The van der Waals surface area contributed by atoms with Crippen molar-refractivity contribution in [2.45, 2.75) is 13.3 Å². The summed E-state index contributed by atoms with van der Waals surface area (Å²) in [7, 11) is 0. The van der Waals surface area contributed by atoms with Gasteiger partial charge < -0.3 is 4.40 Å². The summed E-state index contributed by atoms with van der Waals surface area (Å²) in [5.74, 6) is 0. The number of aromatic nitrogens is 3. The molecule has 3 nitrogen and oxygen atoms in total. The van der Waals surface area contributed by atoms with Crippen molar-refractivity contribution in [1.29, 1.82) is 0 Å². The van der Waals surface area contributed by atoms with Crippen molar-refractivity contribution in [3.05, 3.63) is 28.9 Å². The summed E-state index contributed by atoms with van der Waals surface area (Å²) in [4.78, 5) is 8.30. The fourth-order valence-corrected chi connectivity index (χ4v) is 1.48. The van der Waals surface area contributed by atoms with Crippen molar-refractivity contribution in [2.24, 2.45) is 0 Å². The molecule has 0 saturated heterocycles. The molecule has 0 radical (unpaired) electrons. The van der Waals surface area contributed by atoms with Gasteiger partial charge in [0.25, 0.3) is 0 Å². The molecule has 0 fully saturated rings. The highest BCUT2D eigenvalue weighted by molar-refractivity contribution is 9.10. The molecule has 0 amide bonds. The second-order valence-electron chi connectivity index (χ2n) is 2.54. The standard InChI is InChI=1S/C8H8BrN3/c1-2-6-3-11-8-4-10-7(9)5-12(6)8/h3-5H,2H2,1H3. The van der Waals surface area contributed by atoms with Gasteiger partial charge in [-0.05, 0) is 22.4 Å². The maximum absolute atomic E-state index is 4.21. The van der Waals surface area contributed by atoms with Gasteiger partial charge in [0.1, 0.15) is 4.60 Å². The molecule has 0 atom stereocenters. The van der Waals surface area contributed by atoms with Gasteiger partial charge in [-0.15, -0.1) is 0 Å². The zero-order valence-corrected chi connectivity index (χ0v) is 8.24. The van der Waals surface area contributed by atoms with Crippen molar-refractivity contribution in [3.63, 3.8) is 0 Å². The first-order valence-electron chi connectivity index (χ1n) is 3.78. The molecule has 2 rings (SSSR count). The van der Waals surface area contributed by atoms with Crippen LogP contribution in [0.25, 0.3) is 5.65 Å². The van der Waals surface area contributed by atoms with Crippen LogP contribution in [0.2, 0.25) is 0 Å². The molecule has 0 spiro atoms. The van der Waals surface area contributed by atoms with Gasteiger partial charge in [-0.25, -0.2) is 9.97 Å². The molecule has 2 aromatic heterocycles. The number of nitrogens with zero attached hydrogens (tertiary/aromatic N) is 3. The van der Waals surface area contributed by atoms with Crippen molar-refractivity contribution in [3.8, 4) is 0 Å². The maximum atomic E-state index is 4.21. The number of imidazole rings is 1. The minimum Gasteiger partial charge on any atom is -0.300 e. The molecular weight excluding hydrogens is 218 g/mol. The lowest BCUT2D eigenvalue weighted by molar-refractivity contribution is 0.976.